The molecule has 0 amide bonds. The number of para-hydroxylation sites is 1. The first-order chi connectivity index (χ1) is 18.8. The van der Waals surface area contributed by atoms with Crippen molar-refractivity contribution in [1.29, 1.82) is 0 Å². The predicted molar refractivity (Wildman–Crippen MR) is 160 cm³/mol. The average molecular weight is 483 g/mol. The Kier molecular flexibility index (Phi) is 4.55. The maximum absolute atomic E-state index is 5.18. The van der Waals surface area contributed by atoms with E-state index in [1.54, 1.807) is 0 Å². The molecule has 38 heavy (non-hydrogen) atoms. The quantitative estimate of drug-likeness (QED) is 0.229. The second kappa shape index (κ2) is 8.22. The zero-order valence-corrected chi connectivity index (χ0v) is 20.6. The normalized spacial score (nSPS) is 11.7. The Hall–Kier alpha value is -5.08. The van der Waals surface area contributed by atoms with Crippen molar-refractivity contribution in [3.63, 3.8) is 0 Å². The summed E-state index contributed by atoms with van der Waals surface area (Å²) in [7, 11) is 0. The van der Waals surface area contributed by atoms with Gasteiger partial charge in [-0.15, -0.1) is 0 Å². The minimum atomic E-state index is 0.946. The predicted octanol–water partition coefficient (Wildman–Crippen LogP) is 9.58. The van der Waals surface area contributed by atoms with Crippen LogP contribution in [0.25, 0.3) is 76.5 Å². The summed E-state index contributed by atoms with van der Waals surface area (Å²) in [5.74, 6) is 0. The fraction of sp³-hybridized carbons (Fsp3) is 0. The Morgan fingerprint density at radius 3 is 1.95 bits per heavy atom. The molecule has 6 aromatic carbocycles. The molecule has 0 unspecified atom stereocenters. The van der Waals surface area contributed by atoms with E-state index in [1.165, 1.54) is 43.1 Å². The SMILES string of the molecule is c1ccc2c(c1)ccc1ccc(-c3cc(-c4nc5ccccc5c5c4ccc4ccccc45)ccn3)cc12. The van der Waals surface area contributed by atoms with E-state index in [-0.39, 0.29) is 0 Å². The van der Waals surface area contributed by atoms with Crippen LogP contribution >= 0.6 is 0 Å². The fourth-order valence-electron chi connectivity index (χ4n) is 5.84. The summed E-state index contributed by atoms with van der Waals surface area (Å²) in [5, 5.41) is 11.1. The molecule has 0 N–H and O–H groups in total. The third kappa shape index (κ3) is 3.21. The van der Waals surface area contributed by atoms with E-state index in [0.717, 1.165) is 33.4 Å². The Labute approximate surface area is 219 Å². The fourth-order valence-corrected chi connectivity index (χ4v) is 5.84. The van der Waals surface area contributed by atoms with Crippen molar-refractivity contribution < 1.29 is 0 Å². The molecule has 0 saturated heterocycles. The summed E-state index contributed by atoms with van der Waals surface area (Å²) in [5.41, 5.74) is 5.10. The van der Waals surface area contributed by atoms with Crippen LogP contribution in [0.2, 0.25) is 0 Å². The molecule has 0 atom stereocenters. The molecule has 0 radical (unpaired) electrons. The van der Waals surface area contributed by atoms with Gasteiger partial charge in [0.25, 0.3) is 0 Å². The summed E-state index contributed by atoms with van der Waals surface area (Å²) in [6.07, 6.45) is 1.90. The second-order valence-electron chi connectivity index (χ2n) is 9.84. The maximum atomic E-state index is 5.18. The van der Waals surface area contributed by atoms with Crippen molar-refractivity contribution >= 4 is 54.0 Å². The summed E-state index contributed by atoms with van der Waals surface area (Å²) in [6.45, 7) is 0. The van der Waals surface area contributed by atoms with Crippen molar-refractivity contribution in [3.8, 4) is 22.5 Å². The third-order valence-electron chi connectivity index (χ3n) is 7.67. The first-order valence-electron chi connectivity index (χ1n) is 12.9. The molecule has 176 valence electrons. The average Bonchev–Trinajstić information content (AvgIpc) is 3.00. The third-order valence-corrected chi connectivity index (χ3v) is 7.67. The molecule has 2 aromatic heterocycles. The van der Waals surface area contributed by atoms with Crippen molar-refractivity contribution in [2.24, 2.45) is 0 Å². The van der Waals surface area contributed by atoms with Gasteiger partial charge in [-0.2, -0.15) is 0 Å². The number of fused-ring (bicyclic) bond motifs is 8. The van der Waals surface area contributed by atoms with Gasteiger partial charge in [0.1, 0.15) is 0 Å². The van der Waals surface area contributed by atoms with E-state index >= 15 is 0 Å². The first-order valence-corrected chi connectivity index (χ1v) is 12.9. The molecule has 2 heteroatoms. The zero-order valence-electron chi connectivity index (χ0n) is 20.6. The van der Waals surface area contributed by atoms with Gasteiger partial charge in [0.05, 0.1) is 16.9 Å². The number of nitrogens with zero attached hydrogens (tertiary/aromatic N) is 2. The van der Waals surface area contributed by atoms with Crippen molar-refractivity contribution in [2.75, 3.05) is 0 Å². The second-order valence-corrected chi connectivity index (χ2v) is 9.84. The molecular weight excluding hydrogens is 460 g/mol. The van der Waals surface area contributed by atoms with E-state index < -0.39 is 0 Å². The van der Waals surface area contributed by atoms with E-state index in [2.05, 4.69) is 127 Å². The van der Waals surface area contributed by atoms with Crippen LogP contribution in [0.1, 0.15) is 0 Å². The maximum Gasteiger partial charge on any atom is 0.0789 e. The van der Waals surface area contributed by atoms with Crippen molar-refractivity contribution in [2.45, 2.75) is 0 Å². The Bertz CT molecular complexity index is 2180. The number of benzene rings is 6. The molecule has 0 saturated carbocycles. The van der Waals surface area contributed by atoms with E-state index in [1.807, 2.05) is 6.20 Å². The van der Waals surface area contributed by atoms with Crippen LogP contribution in [-0.2, 0) is 0 Å². The van der Waals surface area contributed by atoms with Gasteiger partial charge in [0, 0.05) is 33.5 Å². The summed E-state index contributed by atoms with van der Waals surface area (Å²) in [6, 6.07) is 45.3. The molecule has 0 fully saturated rings. The van der Waals surface area contributed by atoms with Crippen LogP contribution in [0.5, 0.6) is 0 Å². The van der Waals surface area contributed by atoms with Gasteiger partial charge in [-0.3, -0.25) is 4.98 Å². The van der Waals surface area contributed by atoms with Crippen molar-refractivity contribution in [3.05, 3.63) is 134 Å². The van der Waals surface area contributed by atoms with Gasteiger partial charge in [0.2, 0.25) is 0 Å². The van der Waals surface area contributed by atoms with Crippen LogP contribution in [0.15, 0.2) is 134 Å². The summed E-state index contributed by atoms with van der Waals surface area (Å²) in [4.78, 5) is 9.96. The summed E-state index contributed by atoms with van der Waals surface area (Å²) >= 11 is 0. The molecule has 0 aliphatic rings. The lowest BCUT2D eigenvalue weighted by Crippen LogP contribution is -1.92. The highest BCUT2D eigenvalue weighted by Crippen LogP contribution is 2.38. The Balaban J connectivity index is 1.37. The number of rotatable bonds is 2. The Morgan fingerprint density at radius 1 is 0.421 bits per heavy atom. The van der Waals surface area contributed by atoms with Gasteiger partial charge in [-0.05, 0) is 56.6 Å². The van der Waals surface area contributed by atoms with Crippen LogP contribution in [0, 0.1) is 0 Å². The molecule has 0 aliphatic heterocycles. The molecule has 2 heterocycles. The zero-order chi connectivity index (χ0) is 25.1. The van der Waals surface area contributed by atoms with Gasteiger partial charge < -0.3 is 0 Å². The van der Waals surface area contributed by atoms with Crippen LogP contribution < -0.4 is 0 Å². The van der Waals surface area contributed by atoms with Gasteiger partial charge in [-0.1, -0.05) is 103 Å². The first kappa shape index (κ1) is 21.0. The molecular formula is C36H22N2. The monoisotopic (exact) mass is 482 g/mol. The highest BCUT2D eigenvalue weighted by molar-refractivity contribution is 6.22. The molecule has 0 bridgehead atoms. The van der Waals surface area contributed by atoms with E-state index in [0.29, 0.717) is 0 Å². The van der Waals surface area contributed by atoms with E-state index in [9.17, 15) is 0 Å². The number of hydrogen-bond acceptors (Lipinski definition) is 2. The minimum Gasteiger partial charge on any atom is -0.256 e. The van der Waals surface area contributed by atoms with Gasteiger partial charge >= 0.3 is 0 Å². The lowest BCUT2D eigenvalue weighted by molar-refractivity contribution is 1.32. The lowest BCUT2D eigenvalue weighted by atomic mass is 9.94. The lowest BCUT2D eigenvalue weighted by Gasteiger charge is -2.13. The standard InChI is InChI=1S/C36H22N2/c1-3-9-28-23(7-1)13-14-25-15-16-26(21-32(25)28)34-22-27(19-20-37-34)36-31-18-17-24-8-2-4-10-29(24)35(31)30-11-5-6-12-33(30)38-36/h1-22H. The highest BCUT2D eigenvalue weighted by Gasteiger charge is 2.14. The molecule has 8 rings (SSSR count). The van der Waals surface area contributed by atoms with E-state index in [4.69, 9.17) is 9.97 Å². The van der Waals surface area contributed by atoms with Crippen LogP contribution in [0.3, 0.4) is 0 Å². The molecule has 0 aliphatic carbocycles. The minimum absolute atomic E-state index is 0.946. The van der Waals surface area contributed by atoms with Gasteiger partial charge in [0.15, 0.2) is 0 Å². The van der Waals surface area contributed by atoms with Crippen LogP contribution in [0.4, 0.5) is 0 Å². The van der Waals surface area contributed by atoms with Crippen molar-refractivity contribution in [1.82, 2.24) is 9.97 Å². The topological polar surface area (TPSA) is 25.8 Å². The number of pyridine rings is 2. The number of aromatic nitrogens is 2. The van der Waals surface area contributed by atoms with Gasteiger partial charge in [-0.25, -0.2) is 4.98 Å². The molecule has 2 nitrogen and oxygen atoms in total. The largest absolute Gasteiger partial charge is 0.256 e. The number of hydrogen-bond donors (Lipinski definition) is 0. The summed E-state index contributed by atoms with van der Waals surface area (Å²) < 4.78 is 0. The van der Waals surface area contributed by atoms with Crippen LogP contribution in [-0.4, -0.2) is 9.97 Å². The molecule has 0 spiro atoms. The highest BCUT2D eigenvalue weighted by atomic mass is 14.7. The molecule has 8 aromatic rings. The Morgan fingerprint density at radius 2 is 1.08 bits per heavy atom. The smallest absolute Gasteiger partial charge is 0.0789 e.